The number of benzene rings is 2. The van der Waals surface area contributed by atoms with E-state index in [4.69, 9.17) is 39.1 Å². The summed E-state index contributed by atoms with van der Waals surface area (Å²) in [5, 5.41) is 3.02. The number of rotatable bonds is 7. The highest BCUT2D eigenvalue weighted by molar-refractivity contribution is 6.35. The summed E-state index contributed by atoms with van der Waals surface area (Å²) in [4.78, 5) is 16.6. The van der Waals surface area contributed by atoms with E-state index in [0.29, 0.717) is 40.8 Å². The van der Waals surface area contributed by atoms with E-state index in [2.05, 4.69) is 16.2 Å². The Kier molecular flexibility index (Phi) is 7.48. The Balaban J connectivity index is 1.82. The lowest BCUT2D eigenvalue weighted by atomic mass is 10.00. The lowest BCUT2D eigenvalue weighted by Crippen LogP contribution is -2.13. The second-order valence-corrected chi connectivity index (χ2v) is 7.13. The van der Waals surface area contributed by atoms with Gasteiger partial charge in [-0.3, -0.25) is 9.78 Å². The number of pyridine rings is 1. The van der Waals surface area contributed by atoms with Crippen LogP contribution in [0.4, 0.5) is 10.1 Å². The first-order chi connectivity index (χ1) is 14.9. The van der Waals surface area contributed by atoms with Gasteiger partial charge < -0.3 is 14.8 Å². The van der Waals surface area contributed by atoms with E-state index in [9.17, 15) is 9.18 Å². The smallest absolute Gasteiger partial charge is 0.257 e. The van der Waals surface area contributed by atoms with Crippen molar-refractivity contribution in [3.8, 4) is 29.2 Å². The van der Waals surface area contributed by atoms with Gasteiger partial charge in [0.1, 0.15) is 18.2 Å². The molecule has 0 saturated heterocycles. The Morgan fingerprint density at radius 2 is 1.97 bits per heavy atom. The van der Waals surface area contributed by atoms with Crippen LogP contribution in [0.2, 0.25) is 10.0 Å². The molecule has 2 aromatic carbocycles. The molecule has 0 spiro atoms. The lowest BCUT2D eigenvalue weighted by molar-refractivity contribution is 0.102. The van der Waals surface area contributed by atoms with Crippen molar-refractivity contribution in [1.82, 2.24) is 4.98 Å². The Bertz CT molecular complexity index is 1160. The van der Waals surface area contributed by atoms with E-state index < -0.39 is 11.7 Å². The molecule has 0 fully saturated rings. The Labute approximate surface area is 189 Å². The van der Waals surface area contributed by atoms with Crippen molar-refractivity contribution in [1.29, 1.82) is 0 Å². The average molecular weight is 459 g/mol. The number of nitrogens with zero attached hydrogens (tertiary/aromatic N) is 1. The number of hydrogen-bond acceptors (Lipinski definition) is 4. The maximum absolute atomic E-state index is 14.8. The molecule has 0 saturated carbocycles. The number of anilines is 1. The summed E-state index contributed by atoms with van der Waals surface area (Å²) in [5.41, 5.74) is 1.42. The fourth-order valence-electron chi connectivity index (χ4n) is 2.80. The minimum Gasteiger partial charge on any atom is -0.490 e. The molecule has 0 radical (unpaired) electrons. The van der Waals surface area contributed by atoms with E-state index in [1.165, 1.54) is 24.5 Å². The summed E-state index contributed by atoms with van der Waals surface area (Å²) in [6.07, 6.45) is 8.41. The Morgan fingerprint density at radius 3 is 2.68 bits per heavy atom. The van der Waals surface area contributed by atoms with Gasteiger partial charge in [0.2, 0.25) is 0 Å². The lowest BCUT2D eigenvalue weighted by Gasteiger charge is -2.12. The fraction of sp³-hybridized carbons (Fsp3) is 0.130. The minimum atomic E-state index is -0.642. The second kappa shape index (κ2) is 10.3. The third-order valence-corrected chi connectivity index (χ3v) is 4.91. The number of carbonyl (C=O) groups excluding carboxylic acids is 1. The van der Waals surface area contributed by atoms with Gasteiger partial charge in [-0.05, 0) is 36.4 Å². The summed E-state index contributed by atoms with van der Waals surface area (Å²) >= 11 is 12.5. The first-order valence-corrected chi connectivity index (χ1v) is 9.83. The number of halogens is 3. The first-order valence-electron chi connectivity index (χ1n) is 9.07. The highest BCUT2D eigenvalue weighted by Gasteiger charge is 2.18. The van der Waals surface area contributed by atoms with Crippen LogP contribution in [0.3, 0.4) is 0 Å². The third kappa shape index (κ3) is 5.33. The van der Waals surface area contributed by atoms with E-state index >= 15 is 0 Å². The molecule has 0 aliphatic rings. The summed E-state index contributed by atoms with van der Waals surface area (Å²) in [7, 11) is 1.56. The Hall–Kier alpha value is -3.11. The number of amides is 1. The van der Waals surface area contributed by atoms with Gasteiger partial charge in [-0.25, -0.2) is 4.39 Å². The predicted octanol–water partition coefficient (Wildman–Crippen LogP) is 5.45. The number of aromatic nitrogens is 1. The van der Waals surface area contributed by atoms with Gasteiger partial charge in [-0.2, -0.15) is 0 Å². The van der Waals surface area contributed by atoms with E-state index in [-0.39, 0.29) is 16.1 Å². The van der Waals surface area contributed by atoms with Crippen LogP contribution in [0.25, 0.3) is 11.1 Å². The molecule has 31 heavy (non-hydrogen) atoms. The molecular weight excluding hydrogens is 442 g/mol. The van der Waals surface area contributed by atoms with Crippen molar-refractivity contribution >= 4 is 34.8 Å². The number of ether oxygens (including phenoxy) is 2. The maximum atomic E-state index is 14.8. The van der Waals surface area contributed by atoms with Crippen molar-refractivity contribution in [2.45, 2.75) is 0 Å². The van der Waals surface area contributed by atoms with Gasteiger partial charge in [-0.15, -0.1) is 6.42 Å². The molecule has 0 bridgehead atoms. The van der Waals surface area contributed by atoms with Crippen molar-refractivity contribution in [3.63, 3.8) is 0 Å². The molecule has 0 aliphatic carbocycles. The van der Waals surface area contributed by atoms with Gasteiger partial charge in [-0.1, -0.05) is 29.1 Å². The van der Waals surface area contributed by atoms with Crippen molar-refractivity contribution in [2.24, 2.45) is 0 Å². The van der Waals surface area contributed by atoms with Crippen LogP contribution in [0.5, 0.6) is 5.75 Å². The number of methoxy groups -OCH3 is 1. The van der Waals surface area contributed by atoms with Crippen LogP contribution in [-0.4, -0.2) is 31.2 Å². The predicted molar refractivity (Wildman–Crippen MR) is 119 cm³/mol. The van der Waals surface area contributed by atoms with Gasteiger partial charge in [0, 0.05) is 36.3 Å². The Morgan fingerprint density at radius 1 is 1.16 bits per heavy atom. The molecule has 158 valence electrons. The second-order valence-electron chi connectivity index (χ2n) is 6.32. The van der Waals surface area contributed by atoms with Gasteiger partial charge in [0.05, 0.1) is 27.8 Å². The standard InChI is InChI=1S/C23H17Cl2FN2O3/c1-3-14-13-27-7-6-16(14)17-11-19(24)18(12-21(17)26)23(29)28-15-4-5-22(20(25)10-15)31-9-8-30-2/h1,4-7,10-13H,8-9H2,2H3,(H,28,29). The van der Waals surface area contributed by atoms with Crippen molar-refractivity contribution < 1.29 is 18.7 Å². The molecule has 0 unspecified atom stereocenters. The summed E-state index contributed by atoms with van der Waals surface area (Å²) in [6.45, 7) is 0.749. The molecule has 1 amide bonds. The van der Waals surface area contributed by atoms with Crippen molar-refractivity contribution in [3.05, 3.63) is 75.8 Å². The molecule has 1 N–H and O–H groups in total. The van der Waals surface area contributed by atoms with Crippen LogP contribution in [0.15, 0.2) is 48.8 Å². The molecule has 3 aromatic rings. The zero-order valence-corrected chi connectivity index (χ0v) is 17.9. The largest absolute Gasteiger partial charge is 0.490 e. The highest BCUT2D eigenvalue weighted by Crippen LogP contribution is 2.32. The van der Waals surface area contributed by atoms with Gasteiger partial charge in [0.15, 0.2) is 0 Å². The number of nitrogens with one attached hydrogen (secondary N) is 1. The molecule has 8 heteroatoms. The van der Waals surface area contributed by atoms with E-state index in [1.54, 1.807) is 25.3 Å². The molecule has 5 nitrogen and oxygen atoms in total. The minimum absolute atomic E-state index is 0.0317. The summed E-state index contributed by atoms with van der Waals surface area (Å²) in [5.74, 6) is 1.67. The molecule has 1 aromatic heterocycles. The van der Waals surface area contributed by atoms with Crippen LogP contribution >= 0.6 is 23.2 Å². The number of hydrogen-bond donors (Lipinski definition) is 1. The summed E-state index contributed by atoms with van der Waals surface area (Å²) < 4.78 is 25.2. The van der Waals surface area contributed by atoms with Gasteiger partial charge >= 0.3 is 0 Å². The van der Waals surface area contributed by atoms with Crippen LogP contribution in [-0.2, 0) is 4.74 Å². The maximum Gasteiger partial charge on any atom is 0.257 e. The van der Waals surface area contributed by atoms with Crippen LogP contribution < -0.4 is 10.1 Å². The average Bonchev–Trinajstić information content (AvgIpc) is 2.76. The monoisotopic (exact) mass is 458 g/mol. The number of carbonyl (C=O) groups is 1. The normalized spacial score (nSPS) is 10.4. The SMILES string of the molecule is C#Cc1cnccc1-c1cc(Cl)c(C(=O)Nc2ccc(OCCOC)c(Cl)c2)cc1F. The quantitative estimate of drug-likeness (QED) is 0.377. The highest BCUT2D eigenvalue weighted by atomic mass is 35.5. The van der Waals surface area contributed by atoms with Crippen molar-refractivity contribution in [2.75, 3.05) is 25.6 Å². The number of terminal acetylenes is 1. The van der Waals surface area contributed by atoms with Crippen LogP contribution in [0, 0.1) is 18.2 Å². The van der Waals surface area contributed by atoms with Gasteiger partial charge in [0.25, 0.3) is 5.91 Å². The first kappa shape index (κ1) is 22.6. The van der Waals surface area contributed by atoms with Crippen LogP contribution in [0.1, 0.15) is 15.9 Å². The molecular formula is C23H17Cl2FN2O3. The third-order valence-electron chi connectivity index (χ3n) is 4.30. The molecule has 0 atom stereocenters. The zero-order valence-electron chi connectivity index (χ0n) is 16.4. The fourth-order valence-corrected chi connectivity index (χ4v) is 3.29. The van der Waals surface area contributed by atoms with E-state index in [0.717, 1.165) is 6.07 Å². The molecule has 1 heterocycles. The zero-order chi connectivity index (χ0) is 22.4. The molecule has 0 aliphatic heterocycles. The topological polar surface area (TPSA) is 60.5 Å². The van der Waals surface area contributed by atoms with E-state index in [1.807, 2.05) is 0 Å². The summed E-state index contributed by atoms with van der Waals surface area (Å²) in [6, 6.07) is 8.77. The molecule has 3 rings (SSSR count).